The maximum Gasteiger partial charge on any atom is -0.0328 e. The maximum atomic E-state index is 3.74. The van der Waals surface area contributed by atoms with Crippen molar-refractivity contribution in [3.63, 3.8) is 0 Å². The average Bonchev–Trinajstić information content (AvgIpc) is 2.22. The zero-order chi connectivity index (χ0) is 12.1. The Balaban J connectivity index is 0. The van der Waals surface area contributed by atoms with E-state index in [0.29, 0.717) is 0 Å². The minimum atomic E-state index is 1.04. The molecule has 0 aromatic rings. The lowest BCUT2D eigenvalue weighted by molar-refractivity contribution is 0.385. The molecule has 0 nitrogen and oxygen atoms in total. The van der Waals surface area contributed by atoms with E-state index in [1.54, 1.807) is 0 Å². The highest BCUT2D eigenvalue weighted by Crippen LogP contribution is 2.22. The van der Waals surface area contributed by atoms with E-state index < -0.39 is 0 Å². The highest BCUT2D eigenvalue weighted by Gasteiger charge is 2.05. The first-order valence-corrected chi connectivity index (χ1v) is 6.81. The molecule has 0 heteroatoms. The molecule has 0 amide bonds. The van der Waals surface area contributed by atoms with Gasteiger partial charge < -0.3 is 0 Å². The van der Waals surface area contributed by atoms with Gasteiger partial charge in [0.25, 0.3) is 0 Å². The standard InChI is InChI=1S/C7H14.C6H12.C2H6/c1-7-5-3-2-4-6-7;1-4-5-6(2)3;1-2/h7H,2-6H2,1H3;2,4-5H2,1,3H3;1-2H3. The molecule has 0 heterocycles. The zero-order valence-corrected chi connectivity index (χ0v) is 11.7. The van der Waals surface area contributed by atoms with E-state index >= 15 is 0 Å². The van der Waals surface area contributed by atoms with E-state index in [2.05, 4.69) is 27.4 Å². The molecule has 0 aliphatic heterocycles. The van der Waals surface area contributed by atoms with Gasteiger partial charge in [0.05, 0.1) is 0 Å². The van der Waals surface area contributed by atoms with Crippen LogP contribution in [0, 0.1) is 5.92 Å². The van der Waals surface area contributed by atoms with Crippen LogP contribution < -0.4 is 0 Å². The van der Waals surface area contributed by atoms with E-state index in [1.807, 2.05) is 13.8 Å². The van der Waals surface area contributed by atoms with Crippen LogP contribution in [0.5, 0.6) is 0 Å². The summed E-state index contributed by atoms with van der Waals surface area (Å²) >= 11 is 0. The van der Waals surface area contributed by atoms with E-state index in [9.17, 15) is 0 Å². The highest BCUT2D eigenvalue weighted by atomic mass is 14.1. The van der Waals surface area contributed by atoms with Gasteiger partial charge in [0.1, 0.15) is 0 Å². The Morgan fingerprint density at radius 1 is 1.13 bits per heavy atom. The largest absolute Gasteiger partial charge is 0.100 e. The normalized spacial score (nSPS) is 15.5. The molecule has 0 aromatic carbocycles. The van der Waals surface area contributed by atoms with Crippen molar-refractivity contribution in [2.24, 2.45) is 5.92 Å². The fraction of sp³-hybridized carbons (Fsp3) is 0.867. The molecule has 0 saturated heterocycles. The molecule has 1 fully saturated rings. The third-order valence-corrected chi connectivity index (χ3v) is 2.57. The van der Waals surface area contributed by atoms with Crippen LogP contribution in [-0.4, -0.2) is 0 Å². The fourth-order valence-corrected chi connectivity index (χ4v) is 1.73. The monoisotopic (exact) mass is 212 g/mol. The van der Waals surface area contributed by atoms with E-state index in [4.69, 9.17) is 0 Å². The summed E-state index contributed by atoms with van der Waals surface area (Å²) in [6.45, 7) is 14.3. The van der Waals surface area contributed by atoms with Crippen LogP contribution in [-0.2, 0) is 0 Å². The Labute approximate surface area is 98.2 Å². The number of hydrogen-bond acceptors (Lipinski definition) is 0. The summed E-state index contributed by atoms with van der Waals surface area (Å²) < 4.78 is 0. The van der Waals surface area contributed by atoms with Crippen LogP contribution in [0.3, 0.4) is 0 Å². The van der Waals surface area contributed by atoms with Crippen LogP contribution in [0.4, 0.5) is 0 Å². The van der Waals surface area contributed by atoms with Crippen molar-refractivity contribution in [3.8, 4) is 0 Å². The van der Waals surface area contributed by atoms with Crippen molar-refractivity contribution in [1.82, 2.24) is 0 Å². The van der Waals surface area contributed by atoms with Crippen molar-refractivity contribution in [2.45, 2.75) is 79.6 Å². The third kappa shape index (κ3) is 16.4. The summed E-state index contributed by atoms with van der Waals surface area (Å²) in [4.78, 5) is 0. The van der Waals surface area contributed by atoms with E-state index in [1.165, 1.54) is 50.5 Å². The predicted octanol–water partition coefficient (Wildman–Crippen LogP) is 5.98. The molecule has 1 aliphatic rings. The van der Waals surface area contributed by atoms with Crippen LogP contribution in [0.2, 0.25) is 0 Å². The number of rotatable bonds is 2. The Morgan fingerprint density at radius 3 is 1.73 bits per heavy atom. The van der Waals surface area contributed by atoms with Crippen molar-refractivity contribution in [2.75, 3.05) is 0 Å². The van der Waals surface area contributed by atoms with Gasteiger partial charge in [-0.2, -0.15) is 0 Å². The first kappa shape index (κ1) is 17.1. The summed E-state index contributed by atoms with van der Waals surface area (Å²) in [7, 11) is 0. The summed E-state index contributed by atoms with van der Waals surface area (Å²) in [5, 5.41) is 0. The summed E-state index contributed by atoms with van der Waals surface area (Å²) in [5.41, 5.74) is 1.29. The molecule has 0 radical (unpaired) electrons. The van der Waals surface area contributed by atoms with Crippen LogP contribution in [0.15, 0.2) is 12.2 Å². The molecular formula is C15H32. The Kier molecular flexibility index (Phi) is 15.7. The first-order chi connectivity index (χ1) is 7.16. The molecule has 0 unspecified atom stereocenters. The van der Waals surface area contributed by atoms with Crippen molar-refractivity contribution < 1.29 is 0 Å². The van der Waals surface area contributed by atoms with E-state index in [-0.39, 0.29) is 0 Å². The van der Waals surface area contributed by atoms with Crippen LogP contribution in [0.1, 0.15) is 79.6 Å². The lowest BCUT2D eigenvalue weighted by Gasteiger charge is -2.15. The van der Waals surface area contributed by atoms with Gasteiger partial charge in [-0.05, 0) is 19.3 Å². The lowest BCUT2D eigenvalue weighted by atomic mass is 9.91. The molecule has 15 heavy (non-hydrogen) atoms. The topological polar surface area (TPSA) is 0 Å². The SMILES string of the molecule is C=C(C)CCC.CC.CC1CCCCC1. The number of hydrogen-bond donors (Lipinski definition) is 0. The molecule has 0 atom stereocenters. The smallest absolute Gasteiger partial charge is 0.0328 e. The molecule has 0 bridgehead atoms. The molecule has 1 saturated carbocycles. The fourth-order valence-electron chi connectivity index (χ4n) is 1.73. The van der Waals surface area contributed by atoms with Gasteiger partial charge in [-0.3, -0.25) is 0 Å². The van der Waals surface area contributed by atoms with Crippen molar-refractivity contribution in [3.05, 3.63) is 12.2 Å². The predicted molar refractivity (Wildman–Crippen MR) is 73.3 cm³/mol. The van der Waals surface area contributed by atoms with Crippen molar-refractivity contribution in [1.29, 1.82) is 0 Å². The Bertz CT molecular complexity index is 118. The van der Waals surface area contributed by atoms with Gasteiger partial charge in [-0.15, -0.1) is 6.58 Å². The zero-order valence-electron chi connectivity index (χ0n) is 11.7. The van der Waals surface area contributed by atoms with Gasteiger partial charge in [0, 0.05) is 0 Å². The quantitative estimate of drug-likeness (QED) is 0.494. The molecule has 0 spiro atoms. The number of allylic oxidation sites excluding steroid dienone is 1. The molecule has 1 aliphatic carbocycles. The van der Waals surface area contributed by atoms with Crippen LogP contribution >= 0.6 is 0 Å². The highest BCUT2D eigenvalue weighted by molar-refractivity contribution is 4.86. The molecule has 92 valence electrons. The summed E-state index contributed by atoms with van der Waals surface area (Å²) in [6.07, 6.45) is 9.85. The van der Waals surface area contributed by atoms with Crippen molar-refractivity contribution >= 4 is 0 Å². The Hall–Kier alpha value is -0.260. The summed E-state index contributed by atoms with van der Waals surface area (Å²) in [6, 6.07) is 0. The molecule has 0 aromatic heterocycles. The van der Waals surface area contributed by atoms with Gasteiger partial charge in [0.2, 0.25) is 0 Å². The lowest BCUT2D eigenvalue weighted by Crippen LogP contribution is -1.99. The van der Waals surface area contributed by atoms with Gasteiger partial charge in [0.15, 0.2) is 0 Å². The average molecular weight is 212 g/mol. The first-order valence-electron chi connectivity index (χ1n) is 6.81. The second-order valence-electron chi connectivity index (χ2n) is 4.45. The molecular weight excluding hydrogens is 180 g/mol. The Morgan fingerprint density at radius 2 is 1.60 bits per heavy atom. The third-order valence-electron chi connectivity index (χ3n) is 2.57. The minimum absolute atomic E-state index is 1.04. The second-order valence-corrected chi connectivity index (χ2v) is 4.45. The summed E-state index contributed by atoms with van der Waals surface area (Å²) in [5.74, 6) is 1.04. The molecule has 0 N–H and O–H groups in total. The van der Waals surface area contributed by atoms with Crippen LogP contribution in [0.25, 0.3) is 0 Å². The molecule has 1 rings (SSSR count). The minimum Gasteiger partial charge on any atom is -0.100 e. The second kappa shape index (κ2) is 13.7. The van der Waals surface area contributed by atoms with Gasteiger partial charge in [-0.25, -0.2) is 0 Å². The maximum absolute atomic E-state index is 3.74. The van der Waals surface area contributed by atoms with Gasteiger partial charge in [-0.1, -0.05) is 71.8 Å². The van der Waals surface area contributed by atoms with Gasteiger partial charge >= 0.3 is 0 Å². The van der Waals surface area contributed by atoms with E-state index in [0.717, 1.165) is 5.92 Å².